The van der Waals surface area contributed by atoms with Crippen LogP contribution >= 0.6 is 0 Å². The molecule has 0 aromatic carbocycles. The van der Waals surface area contributed by atoms with E-state index >= 15 is 0 Å². The smallest absolute Gasteiger partial charge is 0.319 e. The van der Waals surface area contributed by atoms with Gasteiger partial charge in [-0.15, -0.1) is 0 Å². The number of carboxylic acids is 5. The second-order valence-corrected chi connectivity index (χ2v) is 17.0. The summed E-state index contributed by atoms with van der Waals surface area (Å²) in [6.45, 7) is 8.13. The van der Waals surface area contributed by atoms with Crippen LogP contribution in [0.2, 0.25) is 0 Å². The Kier molecular flexibility index (Phi) is 27.3. The number of carbonyl (C=O) groups excluding carboxylic acids is 3. The second kappa shape index (κ2) is 31.4. The van der Waals surface area contributed by atoms with Crippen molar-refractivity contribution in [2.75, 3.05) is 171 Å². The summed E-state index contributed by atoms with van der Waals surface area (Å²) in [7, 11) is 1.28. The Morgan fingerprint density at radius 1 is 0.431 bits per heavy atom. The molecule has 1 unspecified atom stereocenters. The van der Waals surface area contributed by atoms with E-state index in [4.69, 9.17) is 4.74 Å². The van der Waals surface area contributed by atoms with Gasteiger partial charge >= 0.3 is 35.8 Å². The summed E-state index contributed by atoms with van der Waals surface area (Å²) in [4.78, 5) is 111. The number of methoxy groups -OCH3 is 1. The minimum atomic E-state index is -1.04. The third-order valence-electron chi connectivity index (χ3n) is 11.4. The van der Waals surface area contributed by atoms with Crippen LogP contribution in [0, 0.1) is 5.92 Å². The van der Waals surface area contributed by atoms with Crippen molar-refractivity contribution in [3.05, 3.63) is 0 Å². The largest absolute Gasteiger partial charge is 0.480 e. The summed E-state index contributed by atoms with van der Waals surface area (Å²) >= 11 is 0. The monoisotopic (exact) mass is 931 g/mol. The molecule has 2 amide bonds. The molecule has 372 valence electrons. The van der Waals surface area contributed by atoms with E-state index in [-0.39, 0.29) is 102 Å². The maximum Gasteiger partial charge on any atom is 0.319 e. The highest BCUT2D eigenvalue weighted by atomic mass is 16.5. The molecule has 7 N–H and O–H groups in total. The number of rotatable bonds is 23. The first-order valence-corrected chi connectivity index (χ1v) is 22.3. The third-order valence-corrected chi connectivity index (χ3v) is 11.4. The molecule has 2 rings (SSSR count). The predicted octanol–water partition coefficient (Wildman–Crippen LogP) is -3.55. The van der Waals surface area contributed by atoms with Crippen LogP contribution in [0.5, 0.6) is 0 Å². The molecule has 0 aliphatic carbocycles. The number of ether oxygens (including phenoxy) is 1. The van der Waals surface area contributed by atoms with Gasteiger partial charge in [-0.2, -0.15) is 0 Å². The van der Waals surface area contributed by atoms with Crippen LogP contribution in [0.25, 0.3) is 0 Å². The van der Waals surface area contributed by atoms with Gasteiger partial charge in [0.15, 0.2) is 0 Å². The Morgan fingerprint density at radius 2 is 0.708 bits per heavy atom. The van der Waals surface area contributed by atoms with E-state index in [9.17, 15) is 63.9 Å². The lowest BCUT2D eigenvalue weighted by Gasteiger charge is -2.33. The number of unbranched alkanes of at least 4 members (excludes halogenated alkanes) is 1. The fourth-order valence-corrected chi connectivity index (χ4v) is 7.63. The fraction of sp³-hybridized carbons (Fsp3) is 0.805. The maximum absolute atomic E-state index is 13.5. The molecule has 24 nitrogen and oxygen atoms in total. The summed E-state index contributed by atoms with van der Waals surface area (Å²) in [6.07, 6.45) is 1.94. The van der Waals surface area contributed by atoms with E-state index in [0.717, 1.165) is 0 Å². The van der Waals surface area contributed by atoms with Gasteiger partial charge < -0.3 is 40.9 Å². The summed E-state index contributed by atoms with van der Waals surface area (Å²) in [6, 6.07) is -0.185. The number of hydrogen-bond acceptors (Lipinski definition) is 17. The zero-order valence-electron chi connectivity index (χ0n) is 38.4. The van der Waals surface area contributed by atoms with E-state index in [2.05, 4.69) is 10.6 Å². The number of hydrogen-bond donors (Lipinski definition) is 7. The van der Waals surface area contributed by atoms with Gasteiger partial charge in [0.05, 0.1) is 59.5 Å². The van der Waals surface area contributed by atoms with Crippen molar-refractivity contribution in [1.29, 1.82) is 0 Å². The summed E-state index contributed by atoms with van der Waals surface area (Å²) in [5.41, 5.74) is 0. The van der Waals surface area contributed by atoms with Gasteiger partial charge in [0, 0.05) is 117 Å². The van der Waals surface area contributed by atoms with Crippen LogP contribution < -0.4 is 10.6 Å². The third kappa shape index (κ3) is 26.9. The number of nitrogens with zero attached hydrogens (tertiary/aromatic N) is 8. The first-order chi connectivity index (χ1) is 30.8. The SMILES string of the molecule is COC(=O)CN1CCN(CC(=O)O)CCN(CC(=O)NCCCCC(NC(=O)CN2CCN(CC(=O)O)CCN(CC(=O)O)CCN(CC(=O)O)CC2)C(C)C)CCN(CC(=O)O)CC1. The number of carboxylic acid groups (broad SMARTS) is 5. The first kappa shape index (κ1) is 56.6. The van der Waals surface area contributed by atoms with Gasteiger partial charge in [-0.3, -0.25) is 77.6 Å². The van der Waals surface area contributed by atoms with E-state index in [1.165, 1.54) is 7.11 Å². The minimum absolute atomic E-state index is 0.00127. The molecule has 2 saturated heterocycles. The highest BCUT2D eigenvalue weighted by Gasteiger charge is 2.24. The zero-order valence-corrected chi connectivity index (χ0v) is 38.4. The Balaban J connectivity index is 1.98. The van der Waals surface area contributed by atoms with Crippen LogP contribution in [0.15, 0.2) is 0 Å². The first-order valence-electron chi connectivity index (χ1n) is 22.3. The lowest BCUT2D eigenvalue weighted by molar-refractivity contribution is -0.143. The molecule has 65 heavy (non-hydrogen) atoms. The number of carbonyl (C=O) groups is 8. The molecule has 2 aliphatic heterocycles. The van der Waals surface area contributed by atoms with Gasteiger partial charge in [-0.25, -0.2) is 0 Å². The van der Waals surface area contributed by atoms with Crippen LogP contribution in [0.3, 0.4) is 0 Å². The second-order valence-electron chi connectivity index (χ2n) is 17.0. The lowest BCUT2D eigenvalue weighted by atomic mass is 9.98. The summed E-state index contributed by atoms with van der Waals surface area (Å²) in [5, 5.41) is 53.6. The molecular weight excluding hydrogens is 857 g/mol. The highest BCUT2D eigenvalue weighted by Crippen LogP contribution is 2.11. The number of esters is 1. The molecule has 2 aliphatic rings. The molecule has 0 aromatic rings. The molecule has 24 heteroatoms. The van der Waals surface area contributed by atoms with Crippen molar-refractivity contribution in [2.24, 2.45) is 5.92 Å². The number of nitrogens with one attached hydrogen (secondary N) is 2. The van der Waals surface area contributed by atoms with E-state index < -0.39 is 35.8 Å². The maximum atomic E-state index is 13.5. The van der Waals surface area contributed by atoms with E-state index in [0.29, 0.717) is 104 Å². The fourth-order valence-electron chi connectivity index (χ4n) is 7.63. The molecule has 2 heterocycles. The van der Waals surface area contributed by atoms with Gasteiger partial charge in [0.1, 0.15) is 0 Å². The normalized spacial score (nSPS) is 19.1. The van der Waals surface area contributed by atoms with Crippen LogP contribution in [0.4, 0.5) is 0 Å². The highest BCUT2D eigenvalue weighted by molar-refractivity contribution is 5.78. The van der Waals surface area contributed by atoms with Crippen LogP contribution in [0.1, 0.15) is 33.1 Å². The topological polar surface area (TPSA) is 297 Å². The van der Waals surface area contributed by atoms with Gasteiger partial charge in [0.25, 0.3) is 0 Å². The molecule has 2 fully saturated rings. The molecule has 1 atom stereocenters. The number of aliphatic carboxylic acids is 5. The van der Waals surface area contributed by atoms with Crippen molar-refractivity contribution in [3.8, 4) is 0 Å². The van der Waals surface area contributed by atoms with Crippen molar-refractivity contribution in [2.45, 2.75) is 39.2 Å². The average molecular weight is 931 g/mol. The Bertz CT molecular complexity index is 1460. The van der Waals surface area contributed by atoms with Gasteiger partial charge in [0.2, 0.25) is 11.8 Å². The molecular formula is C41H74N10O14. The summed E-state index contributed by atoms with van der Waals surface area (Å²) < 4.78 is 4.81. The Morgan fingerprint density at radius 3 is 0.985 bits per heavy atom. The average Bonchev–Trinajstić information content (AvgIpc) is 3.20. The van der Waals surface area contributed by atoms with Gasteiger partial charge in [-0.05, 0) is 25.2 Å². The van der Waals surface area contributed by atoms with Crippen molar-refractivity contribution in [3.63, 3.8) is 0 Å². The zero-order chi connectivity index (χ0) is 48.3. The van der Waals surface area contributed by atoms with Crippen LogP contribution in [-0.2, 0) is 43.1 Å². The van der Waals surface area contributed by atoms with Crippen molar-refractivity contribution in [1.82, 2.24) is 49.8 Å². The standard InChI is InChI=1S/C41H74N10O14/c1-32(2)33(43-35(53)25-45-10-14-46(26-36(54)55)16-18-50(30-40(62)63)19-17-47(15-11-45)27-37(56)57)6-4-5-7-42-34(52)24-44-8-12-48(28-38(58)59)20-22-51(31-41(64)65-3)23-21-49(13-9-44)29-39(60)61/h32-33H,4-31H2,1-3H3,(H,42,52)(H,43,53)(H,54,55)(H,56,57)(H,58,59)(H,60,61)(H,62,63). The van der Waals surface area contributed by atoms with Crippen molar-refractivity contribution < 1.29 is 68.6 Å². The molecule has 0 bridgehead atoms. The molecule has 0 radical (unpaired) electrons. The molecule has 0 spiro atoms. The van der Waals surface area contributed by atoms with Crippen LogP contribution in [-0.4, -0.2) is 289 Å². The van der Waals surface area contributed by atoms with E-state index in [1.807, 2.05) is 28.5 Å². The molecule has 0 saturated carbocycles. The number of amides is 2. The quantitative estimate of drug-likeness (QED) is 0.0386. The Hall–Kier alpha value is -4.56. The lowest BCUT2D eigenvalue weighted by Crippen LogP contribution is -2.50. The Labute approximate surface area is 381 Å². The van der Waals surface area contributed by atoms with Gasteiger partial charge in [-0.1, -0.05) is 13.8 Å². The molecule has 0 aromatic heterocycles. The minimum Gasteiger partial charge on any atom is -0.480 e. The van der Waals surface area contributed by atoms with Crippen molar-refractivity contribution >= 4 is 47.6 Å². The van der Waals surface area contributed by atoms with E-state index in [1.54, 1.807) is 24.5 Å². The summed E-state index contributed by atoms with van der Waals surface area (Å²) in [5.74, 6) is -5.98. The predicted molar refractivity (Wildman–Crippen MR) is 235 cm³/mol.